The lowest BCUT2D eigenvalue weighted by atomic mass is 10.1. The van der Waals surface area contributed by atoms with E-state index in [0.29, 0.717) is 5.56 Å². The van der Waals surface area contributed by atoms with Crippen molar-refractivity contribution in [2.75, 3.05) is 7.05 Å². The average Bonchev–Trinajstić information content (AvgIpc) is 2.81. The highest BCUT2D eigenvalue weighted by atomic mass is 79.9. The molecule has 0 N–H and O–H groups in total. The monoisotopic (exact) mass is 415 g/mol. The minimum absolute atomic E-state index is 0.0190. The van der Waals surface area contributed by atoms with Gasteiger partial charge < -0.3 is 4.90 Å². The van der Waals surface area contributed by atoms with Gasteiger partial charge in [0.25, 0.3) is 5.91 Å². The Morgan fingerprint density at radius 2 is 1.80 bits per heavy atom. The summed E-state index contributed by atoms with van der Waals surface area (Å²) in [5, 5.41) is 0. The number of halogens is 2. The maximum Gasteiger partial charge on any atom is 0.254 e. The molecule has 0 bridgehead atoms. The van der Waals surface area contributed by atoms with Crippen LogP contribution >= 0.6 is 43.2 Å². The van der Waals surface area contributed by atoms with Crippen LogP contribution in [0.25, 0.3) is 0 Å². The molecule has 1 amide bonds. The maximum atomic E-state index is 12.6. The van der Waals surface area contributed by atoms with Crippen LogP contribution in [0.2, 0.25) is 0 Å². The molecule has 0 saturated carbocycles. The van der Waals surface area contributed by atoms with Gasteiger partial charge in [-0.3, -0.25) is 4.79 Å². The van der Waals surface area contributed by atoms with E-state index in [-0.39, 0.29) is 11.9 Å². The molecule has 2 rings (SSSR count). The topological polar surface area (TPSA) is 20.3 Å². The zero-order valence-corrected chi connectivity index (χ0v) is 15.5. The van der Waals surface area contributed by atoms with E-state index < -0.39 is 0 Å². The molecule has 2 aromatic rings. The third-order valence-corrected chi connectivity index (χ3v) is 5.27. The smallest absolute Gasteiger partial charge is 0.254 e. The molecule has 20 heavy (non-hydrogen) atoms. The maximum absolute atomic E-state index is 12.6. The summed E-state index contributed by atoms with van der Waals surface area (Å²) < 4.78 is 1.78. The zero-order valence-electron chi connectivity index (χ0n) is 11.5. The predicted molar refractivity (Wildman–Crippen MR) is 91.4 cm³/mol. The minimum Gasteiger partial charge on any atom is -0.334 e. The second-order valence-electron chi connectivity index (χ2n) is 4.70. The Hall–Kier alpha value is -0.650. The van der Waals surface area contributed by atoms with E-state index in [1.807, 2.05) is 25.2 Å². The van der Waals surface area contributed by atoms with Gasteiger partial charge in [-0.25, -0.2) is 0 Å². The summed E-state index contributed by atoms with van der Waals surface area (Å²) in [7, 11) is 1.84. The summed E-state index contributed by atoms with van der Waals surface area (Å²) in [6.45, 7) is 4.13. The molecule has 2 nitrogen and oxygen atoms in total. The zero-order chi connectivity index (χ0) is 14.9. The van der Waals surface area contributed by atoms with Gasteiger partial charge in [-0.2, -0.15) is 0 Å². The van der Waals surface area contributed by atoms with E-state index in [4.69, 9.17) is 0 Å². The van der Waals surface area contributed by atoms with Crippen LogP contribution in [-0.2, 0) is 0 Å². The number of thiophene rings is 1. The molecule has 1 heterocycles. The fourth-order valence-electron chi connectivity index (χ4n) is 1.93. The van der Waals surface area contributed by atoms with Gasteiger partial charge in [0.15, 0.2) is 0 Å². The molecule has 5 heteroatoms. The van der Waals surface area contributed by atoms with Crippen LogP contribution in [0.3, 0.4) is 0 Å². The molecule has 0 spiro atoms. The van der Waals surface area contributed by atoms with Crippen LogP contribution in [0.1, 0.15) is 33.1 Å². The Morgan fingerprint density at radius 3 is 2.30 bits per heavy atom. The minimum atomic E-state index is 0.0190. The Morgan fingerprint density at radius 1 is 1.20 bits per heavy atom. The van der Waals surface area contributed by atoms with E-state index >= 15 is 0 Å². The summed E-state index contributed by atoms with van der Waals surface area (Å²) in [6, 6.07) is 9.85. The van der Waals surface area contributed by atoms with E-state index in [9.17, 15) is 4.79 Å². The molecule has 0 aliphatic carbocycles. The average molecular weight is 417 g/mol. The van der Waals surface area contributed by atoms with Crippen LogP contribution in [0.15, 0.2) is 39.3 Å². The summed E-state index contributed by atoms with van der Waals surface area (Å²) in [5.74, 6) is 0.0190. The second kappa shape index (κ2) is 6.41. The summed E-state index contributed by atoms with van der Waals surface area (Å²) in [5.41, 5.74) is 0.675. The van der Waals surface area contributed by atoms with Gasteiger partial charge >= 0.3 is 0 Å². The molecule has 0 saturated heterocycles. The fourth-order valence-corrected chi connectivity index (χ4v) is 4.19. The highest BCUT2D eigenvalue weighted by Gasteiger charge is 2.20. The van der Waals surface area contributed by atoms with Gasteiger partial charge in [-0.05, 0) is 44.2 Å². The Balaban J connectivity index is 2.23. The number of hydrogen-bond acceptors (Lipinski definition) is 2. The fraction of sp³-hybridized carbons (Fsp3) is 0.267. The number of nitrogens with zero attached hydrogens (tertiary/aromatic N) is 1. The van der Waals surface area contributed by atoms with E-state index in [1.54, 1.807) is 16.2 Å². The first-order valence-corrected chi connectivity index (χ1v) is 8.58. The van der Waals surface area contributed by atoms with Crippen LogP contribution in [-0.4, -0.2) is 17.9 Å². The van der Waals surface area contributed by atoms with Crippen molar-refractivity contribution in [2.45, 2.75) is 19.9 Å². The molecule has 0 radical (unpaired) electrons. The van der Waals surface area contributed by atoms with Gasteiger partial charge in [0.05, 0.1) is 6.04 Å². The predicted octanol–water partition coefficient (Wildman–Crippen LogP) is 5.41. The molecule has 0 fully saturated rings. The van der Waals surface area contributed by atoms with Crippen molar-refractivity contribution < 1.29 is 4.79 Å². The van der Waals surface area contributed by atoms with Crippen LogP contribution < -0.4 is 0 Å². The van der Waals surface area contributed by atoms with E-state index in [2.05, 4.69) is 57.8 Å². The lowest BCUT2D eigenvalue weighted by Crippen LogP contribution is -2.29. The van der Waals surface area contributed by atoms with Gasteiger partial charge in [-0.1, -0.05) is 31.9 Å². The third kappa shape index (κ3) is 3.51. The molecule has 0 aliphatic rings. The first-order chi connectivity index (χ1) is 9.38. The molecule has 1 aromatic carbocycles. The molecule has 0 aliphatic heterocycles. The van der Waals surface area contributed by atoms with Crippen molar-refractivity contribution >= 4 is 49.1 Å². The van der Waals surface area contributed by atoms with Crippen molar-refractivity contribution in [2.24, 2.45) is 0 Å². The highest BCUT2D eigenvalue weighted by molar-refractivity contribution is 9.11. The normalized spacial score (nSPS) is 12.2. The van der Waals surface area contributed by atoms with E-state index in [1.165, 1.54) is 9.75 Å². The largest absolute Gasteiger partial charge is 0.334 e. The Labute approximate surface area is 140 Å². The third-order valence-electron chi connectivity index (χ3n) is 3.18. The summed E-state index contributed by atoms with van der Waals surface area (Å²) in [6.07, 6.45) is 0. The van der Waals surface area contributed by atoms with Gasteiger partial charge in [0.1, 0.15) is 0 Å². The standard InChI is InChI=1S/C15H15Br2NOS/c1-9-4-5-14(20-9)10(2)18(3)15(19)11-6-12(16)8-13(17)7-11/h4-8,10H,1-3H3. The van der Waals surface area contributed by atoms with Crippen LogP contribution in [0.5, 0.6) is 0 Å². The number of aryl methyl sites for hydroxylation is 1. The number of rotatable bonds is 3. The number of amides is 1. The van der Waals surface area contributed by atoms with Crippen molar-refractivity contribution in [3.63, 3.8) is 0 Å². The molecule has 1 atom stereocenters. The SMILES string of the molecule is Cc1ccc(C(C)N(C)C(=O)c2cc(Br)cc(Br)c2)s1. The van der Waals surface area contributed by atoms with Crippen molar-refractivity contribution in [1.82, 2.24) is 4.90 Å². The van der Waals surface area contributed by atoms with Crippen LogP contribution in [0, 0.1) is 6.92 Å². The number of carbonyl (C=O) groups is 1. The van der Waals surface area contributed by atoms with Crippen molar-refractivity contribution in [3.8, 4) is 0 Å². The number of hydrogen-bond donors (Lipinski definition) is 0. The Kier molecular flexibility index (Phi) is 5.04. The van der Waals surface area contributed by atoms with Gasteiger partial charge in [-0.15, -0.1) is 11.3 Å². The molecule has 1 unspecified atom stereocenters. The molecular weight excluding hydrogens is 402 g/mol. The Bertz CT molecular complexity index is 618. The molecule has 106 valence electrons. The second-order valence-corrected chi connectivity index (χ2v) is 7.85. The number of benzene rings is 1. The van der Waals surface area contributed by atoms with Crippen LogP contribution in [0.4, 0.5) is 0 Å². The first kappa shape index (κ1) is 15.7. The summed E-state index contributed by atoms with van der Waals surface area (Å²) in [4.78, 5) is 16.8. The van der Waals surface area contributed by atoms with Crippen molar-refractivity contribution in [3.05, 3.63) is 54.6 Å². The highest BCUT2D eigenvalue weighted by Crippen LogP contribution is 2.28. The quantitative estimate of drug-likeness (QED) is 0.654. The molecular formula is C15H15Br2NOS. The van der Waals surface area contributed by atoms with Crippen molar-refractivity contribution in [1.29, 1.82) is 0 Å². The summed E-state index contributed by atoms with van der Waals surface area (Å²) >= 11 is 8.56. The number of carbonyl (C=O) groups excluding carboxylic acids is 1. The van der Waals surface area contributed by atoms with Gasteiger partial charge in [0.2, 0.25) is 0 Å². The lowest BCUT2D eigenvalue weighted by molar-refractivity contribution is 0.0745. The van der Waals surface area contributed by atoms with E-state index in [0.717, 1.165) is 8.95 Å². The molecule has 1 aromatic heterocycles. The lowest BCUT2D eigenvalue weighted by Gasteiger charge is -2.24. The first-order valence-electron chi connectivity index (χ1n) is 6.18. The van der Waals surface area contributed by atoms with Gasteiger partial charge in [0, 0.05) is 31.3 Å².